The maximum Gasteiger partial charge on any atom is 0.225 e. The van der Waals surface area contributed by atoms with E-state index in [2.05, 4.69) is 10.3 Å². The Morgan fingerprint density at radius 2 is 1.72 bits per heavy atom. The molecule has 2 aromatic carbocycles. The number of ether oxygens (including phenoxy) is 3. The summed E-state index contributed by atoms with van der Waals surface area (Å²) in [6.07, 6.45) is 3.71. The third kappa shape index (κ3) is 4.68. The lowest BCUT2D eigenvalue weighted by Gasteiger charge is -2.20. The van der Waals surface area contributed by atoms with Gasteiger partial charge in [-0.15, -0.1) is 0 Å². The van der Waals surface area contributed by atoms with Crippen LogP contribution >= 0.6 is 0 Å². The third-order valence-corrected chi connectivity index (χ3v) is 4.71. The molecule has 0 saturated carbocycles. The summed E-state index contributed by atoms with van der Waals surface area (Å²) in [4.78, 5) is 17.4. The second kappa shape index (κ2) is 9.14. The van der Waals surface area contributed by atoms with E-state index in [1.165, 1.54) is 0 Å². The van der Waals surface area contributed by atoms with Gasteiger partial charge in [0.15, 0.2) is 0 Å². The molecule has 29 heavy (non-hydrogen) atoms. The van der Waals surface area contributed by atoms with Gasteiger partial charge in [-0.2, -0.15) is 0 Å². The largest absolute Gasteiger partial charge is 0.497 e. The molecule has 0 bridgehead atoms. The second-order valence-corrected chi connectivity index (χ2v) is 6.52. The molecular weight excluding hydrogens is 370 g/mol. The number of rotatable bonds is 8. The molecule has 0 aliphatic carbocycles. The molecule has 7 heteroatoms. The molecule has 0 spiro atoms. The van der Waals surface area contributed by atoms with Crippen LogP contribution in [0.25, 0.3) is 0 Å². The fourth-order valence-electron chi connectivity index (χ4n) is 3.15. The number of nitrogens with one attached hydrogen (secondary N) is 1. The predicted molar refractivity (Wildman–Crippen MR) is 109 cm³/mol. The molecule has 0 fully saturated rings. The number of imidazole rings is 1. The Hall–Kier alpha value is -3.48. The van der Waals surface area contributed by atoms with E-state index < -0.39 is 6.04 Å². The number of carbonyl (C=O) groups excluding carboxylic acids is 1. The zero-order chi connectivity index (χ0) is 20.8. The van der Waals surface area contributed by atoms with Crippen LogP contribution in [0.4, 0.5) is 0 Å². The van der Waals surface area contributed by atoms with Crippen molar-refractivity contribution in [1.82, 2.24) is 14.9 Å². The molecule has 152 valence electrons. The van der Waals surface area contributed by atoms with Gasteiger partial charge in [0.25, 0.3) is 0 Å². The quantitative estimate of drug-likeness (QED) is 0.635. The maximum absolute atomic E-state index is 12.9. The van der Waals surface area contributed by atoms with Crippen LogP contribution in [0.1, 0.15) is 23.0 Å². The summed E-state index contributed by atoms with van der Waals surface area (Å²) in [7, 11) is 6.69. The molecule has 1 unspecified atom stereocenters. The van der Waals surface area contributed by atoms with Gasteiger partial charge in [-0.25, -0.2) is 4.98 Å². The highest BCUT2D eigenvalue weighted by Gasteiger charge is 2.22. The molecule has 0 aliphatic rings. The van der Waals surface area contributed by atoms with Crippen LogP contribution < -0.4 is 19.5 Å². The molecule has 0 saturated heterocycles. The summed E-state index contributed by atoms with van der Waals surface area (Å²) in [6, 6.07) is 12.6. The molecule has 1 N–H and O–H groups in total. The van der Waals surface area contributed by atoms with E-state index in [-0.39, 0.29) is 12.3 Å². The first kappa shape index (κ1) is 20.3. The number of methoxy groups -OCH3 is 3. The minimum absolute atomic E-state index is 0.150. The van der Waals surface area contributed by atoms with E-state index in [9.17, 15) is 4.79 Å². The molecule has 1 aromatic heterocycles. The van der Waals surface area contributed by atoms with Crippen molar-refractivity contribution in [2.45, 2.75) is 12.5 Å². The number of nitrogens with zero attached hydrogens (tertiary/aromatic N) is 2. The average molecular weight is 395 g/mol. The van der Waals surface area contributed by atoms with Crippen LogP contribution in [0, 0.1) is 0 Å². The lowest BCUT2D eigenvalue weighted by Crippen LogP contribution is -2.32. The Kier molecular flexibility index (Phi) is 6.39. The molecule has 1 amide bonds. The Morgan fingerprint density at radius 3 is 2.31 bits per heavy atom. The summed E-state index contributed by atoms with van der Waals surface area (Å²) in [5, 5.41) is 3.09. The van der Waals surface area contributed by atoms with Gasteiger partial charge < -0.3 is 24.1 Å². The lowest BCUT2D eigenvalue weighted by molar-refractivity contribution is -0.121. The number of aromatic nitrogens is 2. The maximum atomic E-state index is 12.9. The minimum atomic E-state index is -0.398. The average Bonchev–Trinajstić information content (AvgIpc) is 3.17. The first-order valence-electron chi connectivity index (χ1n) is 9.17. The molecule has 7 nitrogen and oxygen atoms in total. The van der Waals surface area contributed by atoms with Crippen LogP contribution in [0.15, 0.2) is 54.9 Å². The summed E-state index contributed by atoms with van der Waals surface area (Å²) >= 11 is 0. The van der Waals surface area contributed by atoms with Crippen LogP contribution in [0.3, 0.4) is 0 Å². The van der Waals surface area contributed by atoms with Gasteiger partial charge in [-0.1, -0.05) is 12.1 Å². The monoisotopic (exact) mass is 395 g/mol. The molecule has 0 radical (unpaired) electrons. The van der Waals surface area contributed by atoms with Gasteiger partial charge in [-0.05, 0) is 35.9 Å². The Balaban J connectivity index is 1.86. The van der Waals surface area contributed by atoms with Crippen LogP contribution in [0.5, 0.6) is 17.2 Å². The van der Waals surface area contributed by atoms with Crippen molar-refractivity contribution in [3.63, 3.8) is 0 Å². The lowest BCUT2D eigenvalue weighted by atomic mass is 10.0. The number of carbonyl (C=O) groups is 1. The summed E-state index contributed by atoms with van der Waals surface area (Å²) in [6.45, 7) is 0. The molecular formula is C22H25N3O4. The Labute approximate surface area is 170 Å². The highest BCUT2D eigenvalue weighted by atomic mass is 16.5. The Bertz CT molecular complexity index is 966. The minimum Gasteiger partial charge on any atom is -0.497 e. The van der Waals surface area contributed by atoms with Gasteiger partial charge in [0.2, 0.25) is 5.91 Å². The van der Waals surface area contributed by atoms with Gasteiger partial charge in [-0.3, -0.25) is 4.79 Å². The number of amides is 1. The van der Waals surface area contributed by atoms with Crippen molar-refractivity contribution >= 4 is 5.91 Å². The number of hydrogen-bond acceptors (Lipinski definition) is 5. The molecule has 3 rings (SSSR count). The fourth-order valence-corrected chi connectivity index (χ4v) is 3.15. The zero-order valence-corrected chi connectivity index (χ0v) is 17.0. The van der Waals surface area contributed by atoms with E-state index in [1.807, 2.05) is 48.1 Å². The van der Waals surface area contributed by atoms with E-state index in [1.54, 1.807) is 39.7 Å². The van der Waals surface area contributed by atoms with E-state index in [0.29, 0.717) is 11.5 Å². The van der Waals surface area contributed by atoms with Crippen molar-refractivity contribution in [1.29, 1.82) is 0 Å². The standard InChI is InChI=1S/C22H25N3O4/c1-25-12-11-23-22(25)21(15-5-7-17(27-2)8-6-15)24-20(26)14-16-13-18(28-3)9-10-19(16)29-4/h5-13,21H,14H2,1-4H3,(H,24,26). The molecule has 3 aromatic rings. The highest BCUT2D eigenvalue weighted by Crippen LogP contribution is 2.26. The van der Waals surface area contributed by atoms with Crippen LogP contribution in [-0.2, 0) is 18.3 Å². The van der Waals surface area contributed by atoms with Gasteiger partial charge in [0, 0.05) is 25.0 Å². The molecule has 1 heterocycles. The Morgan fingerprint density at radius 1 is 1.03 bits per heavy atom. The van der Waals surface area contributed by atoms with Crippen LogP contribution in [-0.4, -0.2) is 36.8 Å². The van der Waals surface area contributed by atoms with Crippen LogP contribution in [0.2, 0.25) is 0 Å². The SMILES string of the molecule is COc1ccc(C(NC(=O)Cc2cc(OC)ccc2OC)c2nccn2C)cc1. The normalized spacial score (nSPS) is 11.6. The van der Waals surface area contributed by atoms with Gasteiger partial charge in [0.1, 0.15) is 29.1 Å². The van der Waals surface area contributed by atoms with Crippen molar-refractivity contribution in [2.75, 3.05) is 21.3 Å². The van der Waals surface area contributed by atoms with E-state index in [4.69, 9.17) is 14.2 Å². The second-order valence-electron chi connectivity index (χ2n) is 6.52. The zero-order valence-electron chi connectivity index (χ0n) is 17.0. The van der Waals surface area contributed by atoms with Crippen molar-refractivity contribution in [2.24, 2.45) is 7.05 Å². The van der Waals surface area contributed by atoms with Gasteiger partial charge >= 0.3 is 0 Å². The van der Waals surface area contributed by atoms with Crippen molar-refractivity contribution in [3.8, 4) is 17.2 Å². The van der Waals surface area contributed by atoms with Crippen molar-refractivity contribution < 1.29 is 19.0 Å². The first-order valence-corrected chi connectivity index (χ1v) is 9.17. The van der Waals surface area contributed by atoms with Crippen molar-refractivity contribution in [3.05, 3.63) is 71.8 Å². The predicted octanol–water partition coefficient (Wildman–Crippen LogP) is 2.89. The summed E-state index contributed by atoms with van der Waals surface area (Å²) in [5.41, 5.74) is 1.66. The number of hydrogen-bond donors (Lipinski definition) is 1. The first-order chi connectivity index (χ1) is 14.0. The number of benzene rings is 2. The third-order valence-electron chi connectivity index (χ3n) is 4.71. The summed E-state index contributed by atoms with van der Waals surface area (Å²) in [5.74, 6) is 2.64. The molecule has 0 aliphatic heterocycles. The summed E-state index contributed by atoms with van der Waals surface area (Å²) < 4.78 is 17.8. The van der Waals surface area contributed by atoms with E-state index >= 15 is 0 Å². The smallest absolute Gasteiger partial charge is 0.225 e. The van der Waals surface area contributed by atoms with Gasteiger partial charge in [0.05, 0.1) is 27.8 Å². The highest BCUT2D eigenvalue weighted by molar-refractivity contribution is 5.80. The number of aryl methyl sites for hydroxylation is 1. The topological polar surface area (TPSA) is 74.6 Å². The van der Waals surface area contributed by atoms with E-state index in [0.717, 1.165) is 22.7 Å². The molecule has 1 atom stereocenters. The fraction of sp³-hybridized carbons (Fsp3) is 0.273.